The number of methoxy groups -OCH3 is 1. The molecule has 0 atom stereocenters. The fourth-order valence-electron chi connectivity index (χ4n) is 2.30. The minimum Gasteiger partial charge on any atom is -0.504 e. The van der Waals surface area contributed by atoms with E-state index in [-0.39, 0.29) is 35.3 Å². The second kappa shape index (κ2) is 8.70. The van der Waals surface area contributed by atoms with Crippen molar-refractivity contribution in [3.8, 4) is 11.5 Å². The number of nitrogens with one attached hydrogen (secondary N) is 2. The van der Waals surface area contributed by atoms with Crippen molar-refractivity contribution in [1.82, 2.24) is 4.72 Å². The molecule has 0 radical (unpaired) electrons. The molecule has 0 bridgehead atoms. The van der Waals surface area contributed by atoms with E-state index < -0.39 is 31.5 Å². The van der Waals surface area contributed by atoms with Gasteiger partial charge in [0, 0.05) is 20.3 Å². The molecule has 0 unspecified atom stereocenters. The van der Waals surface area contributed by atoms with Crippen molar-refractivity contribution in [3.05, 3.63) is 37.6 Å². The van der Waals surface area contributed by atoms with Crippen LogP contribution in [0, 0.1) is 0 Å². The molecule has 0 aliphatic heterocycles. The summed E-state index contributed by atoms with van der Waals surface area (Å²) < 4.78 is 37.1. The zero-order chi connectivity index (χ0) is 20.2. The minimum atomic E-state index is -4.12. The molecule has 27 heavy (non-hydrogen) atoms. The lowest BCUT2D eigenvalue weighted by atomic mass is 10.2. The van der Waals surface area contributed by atoms with Gasteiger partial charge in [0.2, 0.25) is 10.0 Å². The number of hydrogen-bond acceptors (Lipinski definition) is 8. The van der Waals surface area contributed by atoms with Gasteiger partial charge in [-0.25, -0.2) is 13.1 Å². The average molecular weight is 419 g/mol. The molecular weight excluding hydrogens is 400 g/mol. The highest BCUT2D eigenvalue weighted by atomic mass is 35.5. The Kier molecular flexibility index (Phi) is 6.82. The number of sulfonamides is 1. The Morgan fingerprint density at radius 2 is 1.93 bits per heavy atom. The van der Waals surface area contributed by atoms with Gasteiger partial charge in [-0.15, -0.1) is 0 Å². The van der Waals surface area contributed by atoms with Crippen molar-refractivity contribution in [2.45, 2.75) is 18.2 Å². The largest absolute Gasteiger partial charge is 0.504 e. The third-order valence-electron chi connectivity index (χ3n) is 3.58. The molecule has 0 aromatic heterocycles. The van der Waals surface area contributed by atoms with Crippen LogP contribution in [0.2, 0.25) is 5.02 Å². The first kappa shape index (κ1) is 21.2. The number of rotatable bonds is 10. The lowest BCUT2D eigenvalue weighted by Crippen LogP contribution is -2.35. The molecule has 2 aromatic rings. The molecule has 2 aromatic carbocycles. The molecule has 3 N–H and O–H groups in total. The molecule has 0 aliphatic rings. The number of aromatic hydroxyl groups is 1. The predicted octanol–water partition coefficient (Wildman–Crippen LogP) is 1.10. The van der Waals surface area contributed by atoms with Crippen LogP contribution in [0.3, 0.4) is 0 Å². The highest BCUT2D eigenvalue weighted by Crippen LogP contribution is 2.38. The number of benzene rings is 1. The highest BCUT2D eigenvalue weighted by Gasteiger charge is 2.27. The average Bonchev–Trinajstić information content (AvgIpc) is 2.62. The molecule has 9 nitrogen and oxygen atoms in total. The highest BCUT2D eigenvalue weighted by molar-refractivity contribution is 7.89. The number of anilines is 2. The predicted molar refractivity (Wildman–Crippen MR) is 101 cm³/mol. The van der Waals surface area contributed by atoms with E-state index in [0.717, 1.165) is 0 Å². The third kappa shape index (κ3) is 4.41. The van der Waals surface area contributed by atoms with Gasteiger partial charge in [-0.3, -0.25) is 9.59 Å². The first-order valence-electron chi connectivity index (χ1n) is 7.97. The van der Waals surface area contributed by atoms with Crippen molar-refractivity contribution in [2.75, 3.05) is 32.2 Å². The molecule has 148 valence electrons. The Morgan fingerprint density at radius 1 is 1.22 bits per heavy atom. The molecular formula is C16H19ClN2O7S. The molecule has 0 amide bonds. The smallest absolute Gasteiger partial charge is 0.272 e. The van der Waals surface area contributed by atoms with Gasteiger partial charge in [0.1, 0.15) is 10.6 Å². The minimum absolute atomic E-state index is 0.0796. The topological polar surface area (TPSA) is 131 Å². The number of phenols is 1. The van der Waals surface area contributed by atoms with Crippen LogP contribution in [0.25, 0.3) is 0 Å². The molecule has 2 rings (SSSR count). The summed E-state index contributed by atoms with van der Waals surface area (Å²) in [6.45, 7) is 2.24. The summed E-state index contributed by atoms with van der Waals surface area (Å²) in [6, 6.07) is 2.54. The van der Waals surface area contributed by atoms with Gasteiger partial charge < -0.3 is 19.9 Å². The Morgan fingerprint density at radius 3 is 2.56 bits per heavy atom. The van der Waals surface area contributed by atoms with Gasteiger partial charge >= 0.3 is 0 Å². The van der Waals surface area contributed by atoms with E-state index in [1.807, 2.05) is 0 Å². The number of ether oxygens (including phenoxy) is 2. The maximum absolute atomic E-state index is 12.5. The van der Waals surface area contributed by atoms with E-state index in [2.05, 4.69) is 10.0 Å². The number of halogens is 1. The Bertz CT molecular complexity index is 997. The number of hydrogen-bond donors (Lipinski definition) is 3. The summed E-state index contributed by atoms with van der Waals surface area (Å²) in [4.78, 5) is 22.7. The molecule has 0 fully saturated rings. The van der Waals surface area contributed by atoms with Crippen LogP contribution in [-0.4, -0.2) is 40.4 Å². The molecule has 0 aliphatic carbocycles. The second-order valence-electron chi connectivity index (χ2n) is 5.44. The zero-order valence-electron chi connectivity index (χ0n) is 14.7. The normalized spacial score (nSPS) is 11.7. The molecule has 0 saturated heterocycles. The molecule has 0 saturated carbocycles. The first-order valence-corrected chi connectivity index (χ1v) is 9.83. The molecule has 0 heterocycles. The summed E-state index contributed by atoms with van der Waals surface area (Å²) in [7, 11) is -2.63. The van der Waals surface area contributed by atoms with Crippen LogP contribution in [0.15, 0.2) is 26.6 Å². The maximum Gasteiger partial charge on any atom is 0.272 e. The van der Waals surface area contributed by atoms with Crippen LogP contribution in [0.1, 0.15) is 13.3 Å². The second-order valence-corrected chi connectivity index (χ2v) is 7.55. The molecule has 0 spiro atoms. The van der Waals surface area contributed by atoms with E-state index in [4.69, 9.17) is 21.1 Å². The van der Waals surface area contributed by atoms with E-state index in [1.165, 1.54) is 19.2 Å². The van der Waals surface area contributed by atoms with E-state index in [9.17, 15) is 23.1 Å². The standard InChI is InChI=1S/C16H19ClN2O7S/c1-3-26-15-11(13(21)14(15)22)19-10-6-5-9(17)16(12(10)20)27(23,24)18-7-4-8-25-2/h5-6,18-20H,3-4,7-8H2,1-2H3. The Labute approximate surface area is 160 Å². The Balaban J connectivity index is 2.34. The van der Waals surface area contributed by atoms with E-state index in [1.54, 1.807) is 6.92 Å². The lowest BCUT2D eigenvalue weighted by molar-refractivity contribution is 0.196. The third-order valence-corrected chi connectivity index (χ3v) is 5.55. The summed E-state index contributed by atoms with van der Waals surface area (Å²) in [5.41, 5.74) is -1.88. The molecule has 11 heteroatoms. The lowest BCUT2D eigenvalue weighted by Gasteiger charge is -2.16. The van der Waals surface area contributed by atoms with E-state index >= 15 is 0 Å². The summed E-state index contributed by atoms with van der Waals surface area (Å²) in [5.74, 6) is -0.851. The monoisotopic (exact) mass is 418 g/mol. The van der Waals surface area contributed by atoms with Crippen molar-refractivity contribution in [3.63, 3.8) is 0 Å². The fraction of sp³-hybridized carbons (Fsp3) is 0.375. The number of phenolic OH excluding ortho intramolecular Hbond substituents is 1. The van der Waals surface area contributed by atoms with Gasteiger partial charge in [0.25, 0.3) is 10.9 Å². The van der Waals surface area contributed by atoms with Crippen LogP contribution in [-0.2, 0) is 14.8 Å². The van der Waals surface area contributed by atoms with Gasteiger partial charge in [-0.1, -0.05) is 11.6 Å². The van der Waals surface area contributed by atoms with Gasteiger partial charge in [0.05, 0.1) is 17.3 Å². The van der Waals surface area contributed by atoms with Crippen molar-refractivity contribution >= 4 is 33.0 Å². The van der Waals surface area contributed by atoms with Crippen LogP contribution in [0.5, 0.6) is 11.5 Å². The van der Waals surface area contributed by atoms with Crippen molar-refractivity contribution in [1.29, 1.82) is 0 Å². The first-order chi connectivity index (χ1) is 12.7. The quantitative estimate of drug-likeness (QED) is 0.297. The van der Waals surface area contributed by atoms with Gasteiger partial charge in [0.15, 0.2) is 11.5 Å². The van der Waals surface area contributed by atoms with E-state index in [0.29, 0.717) is 13.0 Å². The maximum atomic E-state index is 12.5. The Hall–Kier alpha value is -2.14. The fourth-order valence-corrected chi connectivity index (χ4v) is 4.00. The zero-order valence-corrected chi connectivity index (χ0v) is 16.2. The van der Waals surface area contributed by atoms with Crippen LogP contribution in [0.4, 0.5) is 11.4 Å². The summed E-state index contributed by atoms with van der Waals surface area (Å²) in [6.07, 6.45) is 0.424. The SMILES string of the molecule is CCOc1c(Nc2ccc(Cl)c(S(=O)(=O)NCCCOC)c2O)c(=O)c1=O. The van der Waals surface area contributed by atoms with Gasteiger partial charge in [-0.05, 0) is 25.5 Å². The summed E-state index contributed by atoms with van der Waals surface area (Å²) in [5, 5.41) is 12.7. The van der Waals surface area contributed by atoms with Crippen molar-refractivity contribution in [2.24, 2.45) is 0 Å². The van der Waals surface area contributed by atoms with Crippen LogP contribution >= 0.6 is 11.6 Å². The van der Waals surface area contributed by atoms with Gasteiger partial charge in [-0.2, -0.15) is 0 Å². The van der Waals surface area contributed by atoms with Crippen LogP contribution < -0.4 is 25.6 Å². The van der Waals surface area contributed by atoms with Crippen molar-refractivity contribution < 1.29 is 23.0 Å². The summed E-state index contributed by atoms with van der Waals surface area (Å²) >= 11 is 5.95.